The number of fused-ring (bicyclic) bond motifs is 3. The third kappa shape index (κ3) is 5.34. The average molecular weight is 479 g/mol. The Labute approximate surface area is 206 Å². The molecule has 0 heterocycles. The summed E-state index contributed by atoms with van der Waals surface area (Å²) in [7, 11) is 0. The van der Waals surface area contributed by atoms with Gasteiger partial charge in [0.15, 0.2) is 0 Å². The molecule has 0 saturated heterocycles. The first kappa shape index (κ1) is 24.8. The minimum atomic E-state index is -0.923. The molecule has 2 amide bonds. The number of carboxylic acids is 1. The molecule has 2 aliphatic carbocycles. The van der Waals surface area contributed by atoms with E-state index in [0.29, 0.717) is 19.4 Å². The van der Waals surface area contributed by atoms with Gasteiger partial charge in [0.1, 0.15) is 6.61 Å². The normalized spacial score (nSPS) is 19.8. The van der Waals surface area contributed by atoms with Crippen molar-refractivity contribution in [3.63, 3.8) is 0 Å². The van der Waals surface area contributed by atoms with E-state index >= 15 is 0 Å². The molecule has 2 aliphatic rings. The summed E-state index contributed by atoms with van der Waals surface area (Å²) in [6, 6.07) is 16.1. The maximum absolute atomic E-state index is 13.3. The molecule has 3 atom stereocenters. The minimum absolute atomic E-state index is 0.0231. The van der Waals surface area contributed by atoms with Crippen molar-refractivity contribution in [3.8, 4) is 11.1 Å². The smallest absolute Gasteiger partial charge is 0.407 e. The molecule has 0 radical (unpaired) electrons. The molecule has 7 heteroatoms. The molecule has 35 heavy (non-hydrogen) atoms. The Bertz CT molecular complexity index is 1040. The second kappa shape index (κ2) is 10.9. The minimum Gasteiger partial charge on any atom is -0.481 e. The summed E-state index contributed by atoms with van der Waals surface area (Å²) in [5, 5.41) is 12.2. The summed E-state index contributed by atoms with van der Waals surface area (Å²) in [6.45, 7) is 4.28. The number of benzene rings is 2. The molecule has 2 N–H and O–H groups in total. The molecule has 0 aliphatic heterocycles. The van der Waals surface area contributed by atoms with Crippen LogP contribution in [0.1, 0.15) is 56.6 Å². The van der Waals surface area contributed by atoms with Crippen LogP contribution < -0.4 is 5.32 Å². The number of carbonyl (C=O) groups is 3. The predicted molar refractivity (Wildman–Crippen MR) is 133 cm³/mol. The number of aliphatic carboxylic acids is 1. The number of nitrogens with one attached hydrogen (secondary N) is 1. The van der Waals surface area contributed by atoms with Gasteiger partial charge < -0.3 is 20.1 Å². The zero-order valence-electron chi connectivity index (χ0n) is 20.4. The summed E-state index contributed by atoms with van der Waals surface area (Å²) < 4.78 is 5.70. The van der Waals surface area contributed by atoms with E-state index in [-0.39, 0.29) is 36.9 Å². The lowest BCUT2D eigenvalue weighted by Crippen LogP contribution is -2.50. The highest BCUT2D eigenvalue weighted by molar-refractivity contribution is 5.82. The van der Waals surface area contributed by atoms with Crippen molar-refractivity contribution < 1.29 is 24.2 Å². The van der Waals surface area contributed by atoms with Crippen LogP contribution in [0, 0.1) is 11.8 Å². The number of nitrogens with zero attached hydrogens (tertiary/aromatic N) is 1. The summed E-state index contributed by atoms with van der Waals surface area (Å²) >= 11 is 0. The molecular weight excluding hydrogens is 444 g/mol. The fourth-order valence-electron chi connectivity index (χ4n) is 5.41. The summed E-state index contributed by atoms with van der Waals surface area (Å²) in [4.78, 5) is 39.0. The number of alkyl carbamates (subject to hydrolysis) is 1. The maximum atomic E-state index is 13.3. The topological polar surface area (TPSA) is 95.9 Å². The van der Waals surface area contributed by atoms with Gasteiger partial charge in [0.05, 0.1) is 11.8 Å². The lowest BCUT2D eigenvalue weighted by molar-refractivity contribution is -0.144. The standard InChI is InChI=1S/C28H34N2O5/c1-3-30(16-18(2)27(32)33)26(31)23-14-8-9-15-25(23)29-28(34)35-17-24-21-12-6-4-10-19(21)20-11-5-7-13-22(20)24/h4-7,10-13,18,23-25H,3,8-9,14-17H2,1-2H3,(H,29,34)(H,32,33). The van der Waals surface area contributed by atoms with Gasteiger partial charge in [-0.2, -0.15) is 0 Å². The quantitative estimate of drug-likeness (QED) is 0.576. The van der Waals surface area contributed by atoms with E-state index in [9.17, 15) is 19.5 Å². The van der Waals surface area contributed by atoms with E-state index in [1.807, 2.05) is 31.2 Å². The van der Waals surface area contributed by atoms with Crippen LogP contribution in [-0.2, 0) is 14.3 Å². The first-order valence-electron chi connectivity index (χ1n) is 12.5. The van der Waals surface area contributed by atoms with Crippen LogP contribution >= 0.6 is 0 Å². The van der Waals surface area contributed by atoms with E-state index in [0.717, 1.165) is 24.0 Å². The van der Waals surface area contributed by atoms with Crippen molar-refractivity contribution in [2.45, 2.75) is 51.5 Å². The van der Waals surface area contributed by atoms with Gasteiger partial charge in [0.25, 0.3) is 0 Å². The fraction of sp³-hybridized carbons (Fsp3) is 0.464. The largest absolute Gasteiger partial charge is 0.481 e. The van der Waals surface area contributed by atoms with Crippen LogP contribution in [0.25, 0.3) is 11.1 Å². The fourth-order valence-corrected chi connectivity index (χ4v) is 5.41. The van der Waals surface area contributed by atoms with Gasteiger partial charge >= 0.3 is 12.1 Å². The number of ether oxygens (including phenoxy) is 1. The Morgan fingerprint density at radius 3 is 2.23 bits per heavy atom. The molecule has 4 rings (SSSR count). The van der Waals surface area contributed by atoms with E-state index in [4.69, 9.17) is 4.74 Å². The second-order valence-corrected chi connectivity index (χ2v) is 9.58. The Hall–Kier alpha value is -3.35. The van der Waals surface area contributed by atoms with Crippen LogP contribution in [0.2, 0.25) is 0 Å². The van der Waals surface area contributed by atoms with Gasteiger partial charge in [-0.25, -0.2) is 4.79 Å². The van der Waals surface area contributed by atoms with E-state index in [2.05, 4.69) is 29.6 Å². The third-order valence-electron chi connectivity index (χ3n) is 7.34. The van der Waals surface area contributed by atoms with Crippen molar-refractivity contribution in [2.24, 2.45) is 11.8 Å². The first-order valence-corrected chi connectivity index (χ1v) is 12.5. The number of carboxylic acid groups (broad SMARTS) is 1. The molecule has 186 valence electrons. The van der Waals surface area contributed by atoms with Crippen molar-refractivity contribution in [3.05, 3.63) is 59.7 Å². The van der Waals surface area contributed by atoms with Gasteiger partial charge in [0.2, 0.25) is 5.91 Å². The lowest BCUT2D eigenvalue weighted by atomic mass is 9.83. The molecule has 2 aromatic carbocycles. The highest BCUT2D eigenvalue weighted by atomic mass is 16.5. The molecule has 1 fully saturated rings. The highest BCUT2D eigenvalue weighted by Gasteiger charge is 2.36. The van der Waals surface area contributed by atoms with Crippen LogP contribution in [0.3, 0.4) is 0 Å². The lowest BCUT2D eigenvalue weighted by Gasteiger charge is -2.35. The van der Waals surface area contributed by atoms with E-state index < -0.39 is 18.0 Å². The zero-order valence-corrected chi connectivity index (χ0v) is 20.4. The number of hydrogen-bond acceptors (Lipinski definition) is 4. The molecule has 0 spiro atoms. The second-order valence-electron chi connectivity index (χ2n) is 9.58. The van der Waals surface area contributed by atoms with Crippen molar-refractivity contribution in [1.82, 2.24) is 10.2 Å². The Morgan fingerprint density at radius 2 is 1.63 bits per heavy atom. The third-order valence-corrected chi connectivity index (χ3v) is 7.34. The number of hydrogen-bond donors (Lipinski definition) is 2. The predicted octanol–water partition coefficient (Wildman–Crippen LogP) is 4.65. The number of carbonyl (C=O) groups excluding carboxylic acids is 2. The van der Waals surface area contributed by atoms with Crippen LogP contribution in [-0.4, -0.2) is 53.7 Å². The molecule has 1 saturated carbocycles. The molecule has 3 unspecified atom stereocenters. The number of amides is 2. The Morgan fingerprint density at radius 1 is 1.03 bits per heavy atom. The average Bonchev–Trinajstić information content (AvgIpc) is 3.19. The SMILES string of the molecule is CCN(CC(C)C(=O)O)C(=O)C1CCCCC1NC(=O)OCC1c2ccccc2-c2ccccc21. The van der Waals surface area contributed by atoms with Crippen LogP contribution in [0.5, 0.6) is 0 Å². The van der Waals surface area contributed by atoms with Gasteiger partial charge in [-0.05, 0) is 42.0 Å². The van der Waals surface area contributed by atoms with Crippen molar-refractivity contribution in [2.75, 3.05) is 19.7 Å². The van der Waals surface area contributed by atoms with Gasteiger partial charge in [-0.1, -0.05) is 68.3 Å². The Balaban J connectivity index is 1.40. The van der Waals surface area contributed by atoms with Crippen LogP contribution in [0.15, 0.2) is 48.5 Å². The van der Waals surface area contributed by atoms with Crippen molar-refractivity contribution >= 4 is 18.0 Å². The molecule has 2 aromatic rings. The van der Waals surface area contributed by atoms with E-state index in [1.54, 1.807) is 11.8 Å². The molecule has 7 nitrogen and oxygen atoms in total. The van der Waals surface area contributed by atoms with Gasteiger partial charge in [-0.3, -0.25) is 9.59 Å². The Kier molecular flexibility index (Phi) is 7.73. The highest BCUT2D eigenvalue weighted by Crippen LogP contribution is 2.44. The zero-order chi connectivity index (χ0) is 24.9. The summed E-state index contributed by atoms with van der Waals surface area (Å²) in [6.07, 6.45) is 2.69. The first-order chi connectivity index (χ1) is 16.9. The molecular formula is C28H34N2O5. The maximum Gasteiger partial charge on any atom is 0.407 e. The van der Waals surface area contributed by atoms with Gasteiger partial charge in [0, 0.05) is 25.0 Å². The van der Waals surface area contributed by atoms with Crippen LogP contribution in [0.4, 0.5) is 4.79 Å². The monoisotopic (exact) mass is 478 g/mol. The number of rotatable bonds is 8. The molecule has 0 aromatic heterocycles. The van der Waals surface area contributed by atoms with Crippen molar-refractivity contribution in [1.29, 1.82) is 0 Å². The van der Waals surface area contributed by atoms with Gasteiger partial charge in [-0.15, -0.1) is 0 Å². The summed E-state index contributed by atoms with van der Waals surface area (Å²) in [5.74, 6) is -2.05. The summed E-state index contributed by atoms with van der Waals surface area (Å²) in [5.41, 5.74) is 4.65. The van der Waals surface area contributed by atoms with E-state index in [1.165, 1.54) is 11.1 Å². The molecule has 0 bridgehead atoms.